The molecule has 114 valence electrons. The van der Waals surface area contributed by atoms with Gasteiger partial charge in [0.15, 0.2) is 9.84 Å². The van der Waals surface area contributed by atoms with Crippen LogP contribution in [0.5, 0.6) is 0 Å². The van der Waals surface area contributed by atoms with Crippen LogP contribution in [0.25, 0.3) is 10.9 Å². The molecular weight excluding hydrogens is 284 g/mol. The summed E-state index contributed by atoms with van der Waals surface area (Å²) in [5.74, 6) is 0.741. The van der Waals surface area contributed by atoms with Crippen LogP contribution in [0, 0.1) is 19.8 Å². The highest BCUT2D eigenvalue weighted by atomic mass is 32.2. The summed E-state index contributed by atoms with van der Waals surface area (Å²) >= 11 is 0. The van der Waals surface area contributed by atoms with E-state index in [0.29, 0.717) is 12.3 Å². The van der Waals surface area contributed by atoms with E-state index in [1.54, 1.807) is 0 Å². The molecule has 3 rings (SSSR count). The zero-order valence-electron chi connectivity index (χ0n) is 12.7. The van der Waals surface area contributed by atoms with Gasteiger partial charge >= 0.3 is 0 Å². The highest BCUT2D eigenvalue weighted by molar-refractivity contribution is 7.91. The van der Waals surface area contributed by atoms with E-state index in [9.17, 15) is 8.42 Å². The number of H-pyrrole nitrogens is 1. The van der Waals surface area contributed by atoms with E-state index in [1.165, 1.54) is 16.5 Å². The highest BCUT2D eigenvalue weighted by Gasteiger charge is 2.34. The van der Waals surface area contributed by atoms with E-state index in [4.69, 9.17) is 0 Å². The van der Waals surface area contributed by atoms with Crippen molar-refractivity contribution in [2.45, 2.75) is 33.4 Å². The van der Waals surface area contributed by atoms with Crippen LogP contribution in [0.15, 0.2) is 18.2 Å². The van der Waals surface area contributed by atoms with E-state index in [0.717, 1.165) is 11.2 Å². The summed E-state index contributed by atoms with van der Waals surface area (Å²) in [6, 6.07) is 6.54. The van der Waals surface area contributed by atoms with Gasteiger partial charge in [-0.2, -0.15) is 0 Å². The summed E-state index contributed by atoms with van der Waals surface area (Å²) in [7, 11) is -2.86. The second-order valence-corrected chi connectivity index (χ2v) is 8.53. The molecule has 1 aromatic carbocycles. The summed E-state index contributed by atoms with van der Waals surface area (Å²) in [5.41, 5.74) is 4.77. The molecule has 4 nitrogen and oxygen atoms in total. The Kier molecular flexibility index (Phi) is 3.58. The lowest BCUT2D eigenvalue weighted by Crippen LogP contribution is -2.34. The van der Waals surface area contributed by atoms with Crippen LogP contribution in [0.4, 0.5) is 0 Å². The van der Waals surface area contributed by atoms with Gasteiger partial charge in [-0.05, 0) is 43.0 Å². The molecule has 0 aliphatic carbocycles. The van der Waals surface area contributed by atoms with Crippen LogP contribution >= 0.6 is 0 Å². The minimum Gasteiger partial charge on any atom is -0.357 e. The van der Waals surface area contributed by atoms with Crippen LogP contribution in [-0.4, -0.2) is 30.9 Å². The summed E-state index contributed by atoms with van der Waals surface area (Å²) in [6.07, 6.45) is 0. The maximum atomic E-state index is 11.6. The molecule has 21 heavy (non-hydrogen) atoms. The van der Waals surface area contributed by atoms with Gasteiger partial charge in [-0.1, -0.05) is 13.0 Å². The number of hydrogen-bond donors (Lipinski definition) is 2. The summed E-state index contributed by atoms with van der Waals surface area (Å²) in [5, 5.41) is 4.63. The number of hydrogen-bond acceptors (Lipinski definition) is 3. The molecular formula is C16H22N2O2S. The fourth-order valence-corrected chi connectivity index (χ4v) is 5.44. The summed E-state index contributed by atoms with van der Waals surface area (Å²) in [6.45, 7) is 6.89. The molecule has 0 unspecified atom stereocenters. The number of nitrogens with one attached hydrogen (secondary N) is 2. The lowest BCUT2D eigenvalue weighted by atomic mass is 10.1. The Labute approximate surface area is 125 Å². The van der Waals surface area contributed by atoms with E-state index in [1.807, 2.05) is 6.92 Å². The first-order valence-corrected chi connectivity index (χ1v) is 9.19. The zero-order valence-corrected chi connectivity index (χ0v) is 13.5. The fraction of sp³-hybridized carbons (Fsp3) is 0.500. The Hall–Kier alpha value is -1.33. The van der Waals surface area contributed by atoms with Gasteiger partial charge in [-0.3, -0.25) is 0 Å². The summed E-state index contributed by atoms with van der Waals surface area (Å²) < 4.78 is 23.3. The van der Waals surface area contributed by atoms with E-state index in [-0.39, 0.29) is 17.7 Å². The third-order valence-electron chi connectivity index (χ3n) is 4.34. The molecule has 2 atom stereocenters. The quantitative estimate of drug-likeness (QED) is 0.915. The molecule has 1 aliphatic heterocycles. The molecule has 5 heteroatoms. The molecule has 0 saturated carbocycles. The van der Waals surface area contributed by atoms with Gasteiger partial charge < -0.3 is 10.3 Å². The second-order valence-electron chi connectivity index (χ2n) is 6.38. The zero-order chi connectivity index (χ0) is 15.2. The maximum absolute atomic E-state index is 11.6. The number of rotatable bonds is 3. The number of aromatic nitrogens is 1. The van der Waals surface area contributed by atoms with E-state index < -0.39 is 9.84 Å². The van der Waals surface area contributed by atoms with Crippen molar-refractivity contribution in [3.05, 3.63) is 35.0 Å². The van der Waals surface area contributed by atoms with Crippen molar-refractivity contribution in [2.75, 3.05) is 11.5 Å². The van der Waals surface area contributed by atoms with Gasteiger partial charge in [-0.25, -0.2) is 8.42 Å². The number of aromatic amines is 1. The Morgan fingerprint density at radius 1 is 1.24 bits per heavy atom. The molecule has 0 radical (unpaired) electrons. The maximum Gasteiger partial charge on any atom is 0.152 e. The van der Waals surface area contributed by atoms with Crippen molar-refractivity contribution in [2.24, 2.45) is 5.92 Å². The third-order valence-corrected chi connectivity index (χ3v) is 6.24. The molecule has 1 fully saturated rings. The minimum absolute atomic E-state index is 0.0595. The average Bonchev–Trinajstić information content (AvgIpc) is 2.87. The number of aryl methyl sites for hydroxylation is 2. The molecule has 2 aromatic rings. The van der Waals surface area contributed by atoms with Crippen molar-refractivity contribution in [3.63, 3.8) is 0 Å². The van der Waals surface area contributed by atoms with Crippen molar-refractivity contribution in [3.8, 4) is 0 Å². The van der Waals surface area contributed by atoms with Gasteiger partial charge in [-0.15, -0.1) is 0 Å². The van der Waals surface area contributed by atoms with Crippen LogP contribution in [0.2, 0.25) is 0 Å². The van der Waals surface area contributed by atoms with Crippen molar-refractivity contribution in [1.29, 1.82) is 0 Å². The van der Waals surface area contributed by atoms with Crippen LogP contribution in [0.3, 0.4) is 0 Å². The molecule has 0 amide bonds. The van der Waals surface area contributed by atoms with E-state index >= 15 is 0 Å². The predicted molar refractivity (Wildman–Crippen MR) is 86.2 cm³/mol. The van der Waals surface area contributed by atoms with Gasteiger partial charge in [0.25, 0.3) is 0 Å². The Bertz CT molecular complexity index is 777. The standard InChI is InChI=1S/C16H22N2O2S/c1-10-4-11(2)14-6-13(18-15(14)5-10)7-17-16-9-21(19,20)8-12(16)3/h4-6,12,16-18H,7-9H2,1-3H3/t12-,16+/m0/s1. The number of fused-ring (bicyclic) bond motifs is 1. The monoisotopic (exact) mass is 306 g/mol. The Morgan fingerprint density at radius 3 is 2.67 bits per heavy atom. The smallest absolute Gasteiger partial charge is 0.152 e. The first kappa shape index (κ1) is 14.6. The average molecular weight is 306 g/mol. The minimum atomic E-state index is -2.86. The normalized spacial score (nSPS) is 24.7. The third kappa shape index (κ3) is 2.99. The van der Waals surface area contributed by atoms with Crippen LogP contribution < -0.4 is 5.32 Å². The highest BCUT2D eigenvalue weighted by Crippen LogP contribution is 2.22. The van der Waals surface area contributed by atoms with Crippen molar-refractivity contribution >= 4 is 20.7 Å². The predicted octanol–water partition coefficient (Wildman–Crippen LogP) is 2.31. The van der Waals surface area contributed by atoms with Gasteiger partial charge in [0.1, 0.15) is 0 Å². The first-order valence-electron chi connectivity index (χ1n) is 7.37. The lowest BCUT2D eigenvalue weighted by Gasteiger charge is -2.14. The number of benzene rings is 1. The largest absolute Gasteiger partial charge is 0.357 e. The summed E-state index contributed by atoms with van der Waals surface area (Å²) in [4.78, 5) is 3.42. The molecule has 0 spiro atoms. The topological polar surface area (TPSA) is 62.0 Å². The lowest BCUT2D eigenvalue weighted by molar-refractivity contribution is 0.451. The Balaban J connectivity index is 1.76. The molecule has 0 bridgehead atoms. The molecule has 1 aromatic heterocycles. The molecule has 1 saturated heterocycles. The van der Waals surface area contributed by atoms with Crippen LogP contribution in [0.1, 0.15) is 23.7 Å². The number of sulfone groups is 1. The molecule has 2 N–H and O–H groups in total. The van der Waals surface area contributed by atoms with Gasteiger partial charge in [0.2, 0.25) is 0 Å². The van der Waals surface area contributed by atoms with Gasteiger partial charge in [0, 0.05) is 29.2 Å². The molecule has 1 aliphatic rings. The van der Waals surface area contributed by atoms with Crippen molar-refractivity contribution < 1.29 is 8.42 Å². The fourth-order valence-electron chi connectivity index (χ4n) is 3.28. The van der Waals surface area contributed by atoms with Crippen LogP contribution in [-0.2, 0) is 16.4 Å². The Morgan fingerprint density at radius 2 is 2.00 bits per heavy atom. The molecule has 2 heterocycles. The SMILES string of the molecule is Cc1cc(C)c2cc(CN[C@@H]3CS(=O)(=O)C[C@@H]3C)[nH]c2c1. The van der Waals surface area contributed by atoms with Crippen molar-refractivity contribution in [1.82, 2.24) is 10.3 Å². The van der Waals surface area contributed by atoms with E-state index in [2.05, 4.69) is 42.3 Å². The first-order chi connectivity index (χ1) is 9.84. The van der Waals surface area contributed by atoms with Gasteiger partial charge in [0.05, 0.1) is 11.5 Å². The second kappa shape index (κ2) is 5.14.